The van der Waals surface area contributed by atoms with E-state index in [1.54, 1.807) is 0 Å². The van der Waals surface area contributed by atoms with E-state index in [1.807, 2.05) is 0 Å². The van der Waals surface area contributed by atoms with E-state index < -0.39 is 16.9 Å². The second kappa shape index (κ2) is 3.56. The lowest BCUT2D eigenvalue weighted by atomic mass is 10.0. The lowest BCUT2D eigenvalue weighted by Gasteiger charge is -2.21. The summed E-state index contributed by atoms with van der Waals surface area (Å²) >= 11 is 4.34. The van der Waals surface area contributed by atoms with Crippen LogP contribution in [0.25, 0.3) is 0 Å². The van der Waals surface area contributed by atoms with E-state index in [0.29, 0.717) is 5.56 Å². The molecule has 0 fully saturated rings. The van der Waals surface area contributed by atoms with Crippen LogP contribution in [-0.2, 0) is 5.92 Å². The van der Waals surface area contributed by atoms with E-state index in [0.717, 1.165) is 18.2 Å². The Kier molecular flexibility index (Phi) is 2.87. The van der Waals surface area contributed by atoms with E-state index in [-0.39, 0.29) is 5.69 Å². The maximum absolute atomic E-state index is 13.1. The maximum atomic E-state index is 13.1. The molecule has 6 heteroatoms. The van der Waals surface area contributed by atoms with Gasteiger partial charge in [-0.3, -0.25) is 0 Å². The van der Waals surface area contributed by atoms with Gasteiger partial charge in [0.15, 0.2) is 0 Å². The summed E-state index contributed by atoms with van der Waals surface area (Å²) in [5, 5.41) is -4.62. The number of nitrogen functional groups attached to an aromatic ring is 1. The third-order valence-corrected chi connectivity index (χ3v) is 2.23. The third kappa shape index (κ3) is 2.17. The second-order valence-electron chi connectivity index (χ2n) is 3.14. The fraction of sp³-hybridized carbons (Fsp3) is 0.333. The molecule has 0 aromatic heterocycles. The van der Waals surface area contributed by atoms with Crippen molar-refractivity contribution in [3.63, 3.8) is 0 Å². The van der Waals surface area contributed by atoms with Crippen LogP contribution in [0.2, 0.25) is 0 Å². The van der Waals surface area contributed by atoms with Gasteiger partial charge in [-0.15, -0.1) is 0 Å². The number of rotatable bonds is 2. The van der Waals surface area contributed by atoms with Crippen molar-refractivity contribution in [2.75, 3.05) is 5.73 Å². The first-order valence-corrected chi connectivity index (χ1v) is 4.35. The zero-order chi connectivity index (χ0) is 11.9. The summed E-state index contributed by atoms with van der Waals surface area (Å²) in [7, 11) is 0. The minimum atomic E-state index is -4.62. The molecule has 0 spiro atoms. The van der Waals surface area contributed by atoms with Gasteiger partial charge >= 0.3 is 11.3 Å². The zero-order valence-corrected chi connectivity index (χ0v) is 8.46. The summed E-state index contributed by atoms with van der Waals surface area (Å²) in [6.45, 7) is 1.45. The van der Waals surface area contributed by atoms with Crippen LogP contribution < -0.4 is 5.73 Å². The van der Waals surface area contributed by atoms with E-state index in [4.69, 9.17) is 5.73 Å². The molecule has 0 amide bonds. The number of anilines is 1. The van der Waals surface area contributed by atoms with Crippen molar-refractivity contribution in [1.29, 1.82) is 0 Å². The van der Waals surface area contributed by atoms with Crippen LogP contribution in [-0.4, -0.2) is 5.38 Å². The van der Waals surface area contributed by atoms with Crippen molar-refractivity contribution in [3.8, 4) is 0 Å². The molecule has 0 saturated heterocycles. The third-order valence-electron chi connectivity index (χ3n) is 1.99. The monoisotopic (exact) mass is 241 g/mol. The topological polar surface area (TPSA) is 26.0 Å². The highest BCUT2D eigenvalue weighted by Gasteiger charge is 2.56. The van der Waals surface area contributed by atoms with E-state index in [2.05, 4.69) is 11.6 Å². The largest absolute Gasteiger partial charge is 0.399 e. The Labute approximate surface area is 88.8 Å². The summed E-state index contributed by atoms with van der Waals surface area (Å²) in [6.07, 6.45) is 0. The van der Waals surface area contributed by atoms with E-state index >= 15 is 0 Å². The van der Waals surface area contributed by atoms with Gasteiger partial charge in [0.2, 0.25) is 0 Å². The predicted octanol–water partition coefficient (Wildman–Crippen LogP) is 3.50. The Hall–Kier alpha value is -0.970. The molecular weight excluding hydrogens is 234 g/mol. The second-order valence-corrected chi connectivity index (χ2v) is 3.62. The van der Waals surface area contributed by atoms with Crippen molar-refractivity contribution in [2.24, 2.45) is 0 Å². The van der Waals surface area contributed by atoms with E-state index in [9.17, 15) is 17.6 Å². The maximum Gasteiger partial charge on any atom is 0.388 e. The highest BCUT2D eigenvalue weighted by Crippen LogP contribution is 2.45. The lowest BCUT2D eigenvalue weighted by molar-refractivity contribution is -0.164. The van der Waals surface area contributed by atoms with Gasteiger partial charge in [0, 0.05) is 11.3 Å². The number of nitrogens with two attached hydrogens (primary N) is 1. The van der Waals surface area contributed by atoms with Crippen LogP contribution in [0.5, 0.6) is 0 Å². The molecular formula is C9H8ClF4N. The van der Waals surface area contributed by atoms with Crippen LogP contribution in [0.3, 0.4) is 0 Å². The molecule has 0 heterocycles. The minimum absolute atomic E-state index is 0.257. The molecule has 0 aliphatic rings. The minimum Gasteiger partial charge on any atom is -0.399 e. The Balaban J connectivity index is 3.22. The van der Waals surface area contributed by atoms with Crippen molar-refractivity contribution < 1.29 is 17.6 Å². The first kappa shape index (κ1) is 12.1. The van der Waals surface area contributed by atoms with Gasteiger partial charge in [0.1, 0.15) is 0 Å². The summed E-state index contributed by atoms with van der Waals surface area (Å²) in [5.41, 5.74) is 5.08. The van der Waals surface area contributed by atoms with Crippen molar-refractivity contribution in [2.45, 2.75) is 18.2 Å². The van der Waals surface area contributed by atoms with Gasteiger partial charge in [0.05, 0.1) is 0 Å². The van der Waals surface area contributed by atoms with Crippen LogP contribution in [0.1, 0.15) is 11.1 Å². The summed E-state index contributed by atoms with van der Waals surface area (Å²) in [5.74, 6) is -4.41. The van der Waals surface area contributed by atoms with Gasteiger partial charge in [-0.1, -0.05) is 6.07 Å². The normalized spacial score (nSPS) is 12.9. The van der Waals surface area contributed by atoms with Gasteiger partial charge < -0.3 is 5.73 Å². The highest BCUT2D eigenvalue weighted by molar-refractivity contribution is 6.22. The standard InChI is InChI=1S/C9H8ClF4N/c1-5-4-6(2-3-7(5)15)8(11,12)9(10,13)14/h2-4H,15H2,1H3. The predicted molar refractivity (Wildman–Crippen MR) is 50.3 cm³/mol. The Bertz CT molecular complexity index is 373. The Morgan fingerprint density at radius 3 is 2.13 bits per heavy atom. The Morgan fingerprint density at radius 2 is 1.73 bits per heavy atom. The Morgan fingerprint density at radius 1 is 1.20 bits per heavy atom. The van der Waals surface area contributed by atoms with Gasteiger partial charge in [-0.05, 0) is 36.2 Å². The van der Waals surface area contributed by atoms with Gasteiger partial charge in [0.25, 0.3) is 0 Å². The fourth-order valence-corrected chi connectivity index (χ4v) is 1.14. The molecule has 0 unspecified atom stereocenters. The first-order valence-electron chi connectivity index (χ1n) is 3.97. The zero-order valence-electron chi connectivity index (χ0n) is 7.70. The number of hydrogen-bond donors (Lipinski definition) is 1. The van der Waals surface area contributed by atoms with Crippen LogP contribution >= 0.6 is 11.6 Å². The molecule has 1 aromatic carbocycles. The molecule has 1 rings (SSSR count). The molecule has 0 radical (unpaired) electrons. The SMILES string of the molecule is Cc1cc(C(F)(F)C(F)(F)Cl)ccc1N. The van der Waals surface area contributed by atoms with Crippen molar-refractivity contribution in [3.05, 3.63) is 29.3 Å². The molecule has 1 aromatic rings. The number of alkyl halides is 5. The molecule has 1 nitrogen and oxygen atoms in total. The molecule has 15 heavy (non-hydrogen) atoms. The smallest absolute Gasteiger partial charge is 0.388 e. The number of hydrogen-bond acceptors (Lipinski definition) is 1. The summed E-state index contributed by atoms with van der Waals surface area (Å²) < 4.78 is 50.9. The van der Waals surface area contributed by atoms with E-state index in [1.165, 1.54) is 6.92 Å². The average molecular weight is 242 g/mol. The average Bonchev–Trinajstić information content (AvgIpc) is 2.07. The van der Waals surface area contributed by atoms with Crippen LogP contribution in [0, 0.1) is 6.92 Å². The lowest BCUT2D eigenvalue weighted by Crippen LogP contribution is -2.32. The molecule has 0 bridgehead atoms. The van der Waals surface area contributed by atoms with Crippen molar-refractivity contribution >= 4 is 17.3 Å². The fourth-order valence-electron chi connectivity index (χ4n) is 1.03. The summed E-state index contributed by atoms with van der Waals surface area (Å²) in [4.78, 5) is 0. The molecule has 0 atom stereocenters. The molecule has 2 N–H and O–H groups in total. The van der Waals surface area contributed by atoms with Crippen molar-refractivity contribution in [1.82, 2.24) is 0 Å². The molecule has 0 aliphatic carbocycles. The van der Waals surface area contributed by atoms with Crippen LogP contribution in [0.4, 0.5) is 23.2 Å². The van der Waals surface area contributed by atoms with Gasteiger partial charge in [-0.25, -0.2) is 0 Å². The highest BCUT2D eigenvalue weighted by atomic mass is 35.5. The molecule has 0 saturated carbocycles. The first-order chi connectivity index (χ1) is 6.66. The number of halogens is 5. The van der Waals surface area contributed by atoms with Crippen LogP contribution in [0.15, 0.2) is 18.2 Å². The molecule has 0 aliphatic heterocycles. The quantitative estimate of drug-likeness (QED) is 0.479. The molecule has 84 valence electrons. The van der Waals surface area contributed by atoms with Gasteiger partial charge in [-0.2, -0.15) is 17.6 Å². The number of benzene rings is 1. The number of aryl methyl sites for hydroxylation is 1. The summed E-state index contributed by atoms with van der Waals surface area (Å²) in [6, 6.07) is 2.87.